The van der Waals surface area contributed by atoms with Crippen LogP contribution in [0.4, 0.5) is 0 Å². The quantitative estimate of drug-likeness (QED) is 0.529. The van der Waals surface area contributed by atoms with Gasteiger partial charge in [0.1, 0.15) is 0 Å². The van der Waals surface area contributed by atoms with Gasteiger partial charge in [-0.3, -0.25) is 0 Å². The first-order valence-electron chi connectivity index (χ1n) is 4.52. The summed E-state index contributed by atoms with van der Waals surface area (Å²) in [6.45, 7) is 13.5. The average Bonchev–Trinajstić information content (AvgIpc) is 1.80. The van der Waals surface area contributed by atoms with Gasteiger partial charge in [0.05, 0.1) is 0 Å². The molecule has 0 fully saturated rings. The Hall–Kier alpha value is -0.260. The molecule has 66 valence electrons. The van der Waals surface area contributed by atoms with Gasteiger partial charge < -0.3 is 0 Å². The first-order valence-corrected chi connectivity index (χ1v) is 4.52. The summed E-state index contributed by atoms with van der Waals surface area (Å²) in [6, 6.07) is 0. The van der Waals surface area contributed by atoms with Gasteiger partial charge in [0, 0.05) is 0 Å². The summed E-state index contributed by atoms with van der Waals surface area (Å²) in [5.41, 5.74) is 0.408. The maximum atomic E-state index is 2.32. The summed E-state index contributed by atoms with van der Waals surface area (Å²) < 4.78 is 0. The van der Waals surface area contributed by atoms with Crippen LogP contribution in [-0.4, -0.2) is 0 Å². The minimum Gasteiger partial charge on any atom is -0.0857 e. The van der Waals surface area contributed by atoms with E-state index >= 15 is 0 Å². The highest BCUT2D eigenvalue weighted by Gasteiger charge is 2.16. The molecule has 0 heterocycles. The predicted molar refractivity (Wildman–Crippen MR) is 52.6 cm³/mol. The second-order valence-corrected chi connectivity index (χ2v) is 4.78. The molecule has 1 atom stereocenters. The lowest BCUT2D eigenvalue weighted by Gasteiger charge is -2.24. The molecule has 0 aliphatic heterocycles. The molecule has 11 heavy (non-hydrogen) atoms. The summed E-state index contributed by atoms with van der Waals surface area (Å²) in [7, 11) is 0. The SMILES string of the molecule is CC(C)/C=C/[C@@H](C)C(C)(C)C. The number of hydrogen-bond acceptors (Lipinski definition) is 0. The third kappa shape index (κ3) is 5.06. The Kier molecular flexibility index (Phi) is 3.85. The molecule has 0 aliphatic rings. The van der Waals surface area contributed by atoms with Crippen molar-refractivity contribution in [2.45, 2.75) is 41.5 Å². The van der Waals surface area contributed by atoms with Crippen LogP contribution in [0.5, 0.6) is 0 Å². The smallest absolute Gasteiger partial charge is 0.0213 e. The molecule has 0 unspecified atom stereocenters. The normalized spacial score (nSPS) is 16.3. The largest absolute Gasteiger partial charge is 0.0857 e. The van der Waals surface area contributed by atoms with E-state index in [2.05, 4.69) is 53.7 Å². The van der Waals surface area contributed by atoms with Crippen molar-refractivity contribution in [3.8, 4) is 0 Å². The van der Waals surface area contributed by atoms with Crippen LogP contribution in [0.2, 0.25) is 0 Å². The van der Waals surface area contributed by atoms with E-state index in [-0.39, 0.29) is 0 Å². The molecular formula is C11H22. The summed E-state index contributed by atoms with van der Waals surface area (Å²) in [4.78, 5) is 0. The van der Waals surface area contributed by atoms with Crippen molar-refractivity contribution in [1.82, 2.24) is 0 Å². The van der Waals surface area contributed by atoms with Crippen molar-refractivity contribution in [2.75, 3.05) is 0 Å². The lowest BCUT2D eigenvalue weighted by Crippen LogP contribution is -2.14. The maximum absolute atomic E-state index is 2.32. The molecule has 0 aromatic carbocycles. The van der Waals surface area contributed by atoms with Gasteiger partial charge in [-0.2, -0.15) is 0 Å². The molecule has 0 nitrogen and oxygen atoms in total. The zero-order valence-electron chi connectivity index (χ0n) is 8.81. The highest BCUT2D eigenvalue weighted by molar-refractivity contribution is 4.93. The molecule has 0 rings (SSSR count). The van der Waals surface area contributed by atoms with Gasteiger partial charge >= 0.3 is 0 Å². The van der Waals surface area contributed by atoms with Crippen LogP contribution in [0.25, 0.3) is 0 Å². The average molecular weight is 154 g/mol. The topological polar surface area (TPSA) is 0 Å². The molecule has 0 aromatic rings. The van der Waals surface area contributed by atoms with Gasteiger partial charge in [-0.25, -0.2) is 0 Å². The van der Waals surface area contributed by atoms with Gasteiger partial charge in [0.2, 0.25) is 0 Å². The fraction of sp³-hybridized carbons (Fsp3) is 0.818. The Labute approximate surface area is 71.7 Å². The first-order chi connectivity index (χ1) is 4.84. The fourth-order valence-corrected chi connectivity index (χ4v) is 0.678. The van der Waals surface area contributed by atoms with Gasteiger partial charge in [-0.1, -0.05) is 53.7 Å². The van der Waals surface area contributed by atoms with Crippen LogP contribution in [0.1, 0.15) is 41.5 Å². The Morgan fingerprint density at radius 1 is 0.909 bits per heavy atom. The van der Waals surface area contributed by atoms with E-state index in [9.17, 15) is 0 Å². The lowest BCUT2D eigenvalue weighted by atomic mass is 9.81. The van der Waals surface area contributed by atoms with E-state index in [1.165, 1.54) is 0 Å². The zero-order chi connectivity index (χ0) is 9.07. The van der Waals surface area contributed by atoms with Gasteiger partial charge in [0.25, 0.3) is 0 Å². The molecule has 0 bridgehead atoms. The van der Waals surface area contributed by atoms with Crippen molar-refractivity contribution in [3.63, 3.8) is 0 Å². The maximum Gasteiger partial charge on any atom is -0.0213 e. The standard InChI is InChI=1S/C11H22/c1-9(2)7-8-10(3)11(4,5)6/h7-10H,1-6H3/b8-7+/t10-/m1/s1. The number of rotatable bonds is 2. The van der Waals surface area contributed by atoms with E-state index in [0.717, 1.165) is 0 Å². The Morgan fingerprint density at radius 3 is 1.64 bits per heavy atom. The third-order valence-electron chi connectivity index (χ3n) is 2.15. The van der Waals surface area contributed by atoms with E-state index in [1.54, 1.807) is 0 Å². The second kappa shape index (κ2) is 3.94. The summed E-state index contributed by atoms with van der Waals surface area (Å²) in [5, 5.41) is 0. The fourth-order valence-electron chi connectivity index (χ4n) is 0.678. The first kappa shape index (κ1) is 10.7. The highest BCUT2D eigenvalue weighted by Crippen LogP contribution is 2.26. The van der Waals surface area contributed by atoms with E-state index in [0.29, 0.717) is 17.3 Å². The van der Waals surface area contributed by atoms with Gasteiger partial charge in [0.15, 0.2) is 0 Å². The predicted octanol–water partition coefficient (Wildman–Crippen LogP) is 3.88. The van der Waals surface area contributed by atoms with Gasteiger partial charge in [-0.05, 0) is 17.3 Å². The third-order valence-corrected chi connectivity index (χ3v) is 2.15. The van der Waals surface area contributed by atoms with Crippen LogP contribution in [-0.2, 0) is 0 Å². The van der Waals surface area contributed by atoms with Crippen LogP contribution in [0.3, 0.4) is 0 Å². The van der Waals surface area contributed by atoms with Gasteiger partial charge in [-0.15, -0.1) is 0 Å². The molecule has 0 heteroatoms. The van der Waals surface area contributed by atoms with Crippen LogP contribution < -0.4 is 0 Å². The minimum atomic E-state index is 0.408. The molecule has 0 aliphatic carbocycles. The molecule has 0 spiro atoms. The number of allylic oxidation sites excluding steroid dienone is 2. The molecule has 0 radical (unpaired) electrons. The molecule has 0 N–H and O–H groups in total. The minimum absolute atomic E-state index is 0.408. The van der Waals surface area contributed by atoms with E-state index in [4.69, 9.17) is 0 Å². The van der Waals surface area contributed by atoms with Crippen LogP contribution in [0, 0.1) is 17.3 Å². The summed E-state index contributed by atoms with van der Waals surface area (Å²) in [5.74, 6) is 1.35. The summed E-state index contributed by atoms with van der Waals surface area (Å²) in [6.07, 6.45) is 4.61. The molecular weight excluding hydrogens is 132 g/mol. The molecule has 0 amide bonds. The Morgan fingerprint density at radius 2 is 1.36 bits per heavy atom. The van der Waals surface area contributed by atoms with Crippen molar-refractivity contribution in [2.24, 2.45) is 17.3 Å². The lowest BCUT2D eigenvalue weighted by molar-refractivity contribution is 0.313. The second-order valence-electron chi connectivity index (χ2n) is 4.78. The highest BCUT2D eigenvalue weighted by atomic mass is 14.2. The Balaban J connectivity index is 3.97. The van der Waals surface area contributed by atoms with Crippen molar-refractivity contribution in [1.29, 1.82) is 0 Å². The number of hydrogen-bond donors (Lipinski definition) is 0. The molecule has 0 saturated heterocycles. The zero-order valence-corrected chi connectivity index (χ0v) is 8.81. The molecule has 0 saturated carbocycles. The van der Waals surface area contributed by atoms with E-state index in [1.807, 2.05) is 0 Å². The monoisotopic (exact) mass is 154 g/mol. The van der Waals surface area contributed by atoms with E-state index < -0.39 is 0 Å². The Bertz CT molecular complexity index is 123. The van der Waals surface area contributed by atoms with Crippen LogP contribution >= 0.6 is 0 Å². The van der Waals surface area contributed by atoms with Crippen LogP contribution in [0.15, 0.2) is 12.2 Å². The van der Waals surface area contributed by atoms with Crippen molar-refractivity contribution < 1.29 is 0 Å². The van der Waals surface area contributed by atoms with Crippen molar-refractivity contribution in [3.05, 3.63) is 12.2 Å². The van der Waals surface area contributed by atoms with Crippen molar-refractivity contribution >= 4 is 0 Å². The summed E-state index contributed by atoms with van der Waals surface area (Å²) >= 11 is 0. The molecule has 0 aromatic heterocycles.